The molecule has 8 heteroatoms. The predicted molar refractivity (Wildman–Crippen MR) is 97.9 cm³/mol. The number of fused-ring (bicyclic) bond motifs is 2. The van der Waals surface area contributed by atoms with Gasteiger partial charge in [0.1, 0.15) is 11.5 Å². The van der Waals surface area contributed by atoms with Crippen LogP contribution in [0.5, 0.6) is 0 Å². The van der Waals surface area contributed by atoms with Crippen LogP contribution in [0, 0.1) is 6.92 Å². The molecule has 0 amide bonds. The van der Waals surface area contributed by atoms with Gasteiger partial charge in [0.15, 0.2) is 5.65 Å². The summed E-state index contributed by atoms with van der Waals surface area (Å²) < 4.78 is 1.97. The molecule has 1 fully saturated rings. The third-order valence-electron chi connectivity index (χ3n) is 5.02. The largest absolute Gasteiger partial charge is 0.390 e. The van der Waals surface area contributed by atoms with Crippen molar-refractivity contribution in [1.82, 2.24) is 29.5 Å². The van der Waals surface area contributed by atoms with E-state index in [4.69, 9.17) is 0 Å². The smallest absolute Gasteiger partial charge is 0.224 e. The monoisotopic (exact) mass is 349 g/mol. The third kappa shape index (κ3) is 2.41. The molecular formula is C18H19N7O. The standard InChI is InChI=1S/C18H19N7O/c1-10-23-24-15-4-3-11(9-25(10)15)13-7-19-16-14(13)8-20-17(22-16)21-12-5-18(2,26)6-12/h3-4,7-9,12,26H,5-6H2,1-2H3,(H2,19,20,21,22)/t12-,18-. The molecule has 1 aliphatic carbocycles. The van der Waals surface area contributed by atoms with Gasteiger partial charge in [-0.3, -0.25) is 4.40 Å². The number of hydrogen-bond donors (Lipinski definition) is 3. The summed E-state index contributed by atoms with van der Waals surface area (Å²) >= 11 is 0. The maximum Gasteiger partial charge on any atom is 0.224 e. The summed E-state index contributed by atoms with van der Waals surface area (Å²) in [7, 11) is 0. The van der Waals surface area contributed by atoms with E-state index < -0.39 is 5.60 Å². The number of aromatic amines is 1. The van der Waals surface area contributed by atoms with Gasteiger partial charge >= 0.3 is 0 Å². The Kier molecular flexibility index (Phi) is 3.08. The van der Waals surface area contributed by atoms with Gasteiger partial charge in [0.25, 0.3) is 0 Å². The minimum Gasteiger partial charge on any atom is -0.390 e. The first-order valence-electron chi connectivity index (χ1n) is 8.63. The van der Waals surface area contributed by atoms with Crippen molar-refractivity contribution in [1.29, 1.82) is 0 Å². The normalized spacial score (nSPS) is 22.7. The molecule has 0 spiro atoms. The number of H-pyrrole nitrogens is 1. The van der Waals surface area contributed by atoms with Crippen molar-refractivity contribution in [2.75, 3.05) is 5.32 Å². The maximum absolute atomic E-state index is 9.84. The number of nitrogens with zero attached hydrogens (tertiary/aromatic N) is 5. The van der Waals surface area contributed by atoms with Crippen LogP contribution < -0.4 is 5.32 Å². The van der Waals surface area contributed by atoms with Crippen LogP contribution in [0.15, 0.2) is 30.7 Å². The molecule has 4 aromatic rings. The van der Waals surface area contributed by atoms with Gasteiger partial charge in [-0.1, -0.05) is 0 Å². The van der Waals surface area contributed by atoms with Gasteiger partial charge < -0.3 is 15.4 Å². The summed E-state index contributed by atoms with van der Waals surface area (Å²) in [6.07, 6.45) is 7.22. The summed E-state index contributed by atoms with van der Waals surface area (Å²) in [4.78, 5) is 12.2. The lowest BCUT2D eigenvalue weighted by atomic mass is 9.77. The van der Waals surface area contributed by atoms with Crippen LogP contribution >= 0.6 is 0 Å². The number of pyridine rings is 1. The molecule has 0 unspecified atom stereocenters. The highest BCUT2D eigenvalue weighted by Crippen LogP contribution is 2.33. The average molecular weight is 349 g/mol. The average Bonchev–Trinajstić information content (AvgIpc) is 3.16. The topological polar surface area (TPSA) is 104 Å². The van der Waals surface area contributed by atoms with E-state index >= 15 is 0 Å². The summed E-state index contributed by atoms with van der Waals surface area (Å²) in [5.41, 5.74) is 3.12. The molecule has 0 aliphatic heterocycles. The molecule has 3 N–H and O–H groups in total. The van der Waals surface area contributed by atoms with E-state index in [-0.39, 0.29) is 6.04 Å². The van der Waals surface area contributed by atoms with E-state index in [0.717, 1.165) is 33.6 Å². The summed E-state index contributed by atoms with van der Waals surface area (Å²) in [5, 5.41) is 22.3. The number of hydrogen-bond acceptors (Lipinski definition) is 6. The van der Waals surface area contributed by atoms with E-state index in [1.165, 1.54) is 0 Å². The van der Waals surface area contributed by atoms with Crippen LogP contribution in [0.1, 0.15) is 25.6 Å². The van der Waals surface area contributed by atoms with E-state index in [9.17, 15) is 5.11 Å². The van der Waals surface area contributed by atoms with Crippen LogP contribution in [0.4, 0.5) is 5.95 Å². The van der Waals surface area contributed by atoms with E-state index in [1.807, 2.05) is 49.0 Å². The van der Waals surface area contributed by atoms with Crippen molar-refractivity contribution in [2.24, 2.45) is 0 Å². The lowest BCUT2D eigenvalue weighted by Gasteiger charge is -2.41. The fourth-order valence-corrected chi connectivity index (χ4v) is 3.67. The summed E-state index contributed by atoms with van der Waals surface area (Å²) in [6.45, 7) is 3.78. The Hall–Kier alpha value is -3.00. The van der Waals surface area contributed by atoms with Gasteiger partial charge in [-0.05, 0) is 38.8 Å². The fraction of sp³-hybridized carbons (Fsp3) is 0.333. The van der Waals surface area contributed by atoms with Crippen LogP contribution in [-0.4, -0.2) is 46.3 Å². The van der Waals surface area contributed by atoms with Crippen molar-refractivity contribution < 1.29 is 5.11 Å². The van der Waals surface area contributed by atoms with Crippen molar-refractivity contribution in [3.05, 3.63) is 36.5 Å². The molecule has 4 heterocycles. The van der Waals surface area contributed by atoms with Crippen LogP contribution in [0.3, 0.4) is 0 Å². The molecule has 132 valence electrons. The zero-order chi connectivity index (χ0) is 17.9. The Labute approximate surface area is 149 Å². The first-order valence-corrected chi connectivity index (χ1v) is 8.63. The SMILES string of the molecule is Cc1nnc2ccc(-c3c[nH]c4nc(N[C@H]5C[C@](C)(O)C5)ncc34)cn12. The molecule has 8 nitrogen and oxygen atoms in total. The third-order valence-corrected chi connectivity index (χ3v) is 5.02. The Morgan fingerprint density at radius 2 is 2.15 bits per heavy atom. The Bertz CT molecular complexity index is 1120. The molecule has 26 heavy (non-hydrogen) atoms. The van der Waals surface area contributed by atoms with Gasteiger partial charge in [0.05, 0.1) is 5.60 Å². The number of nitrogens with one attached hydrogen (secondary N) is 2. The number of anilines is 1. The number of rotatable bonds is 3. The summed E-state index contributed by atoms with van der Waals surface area (Å²) in [6, 6.07) is 4.19. The molecule has 4 aromatic heterocycles. The lowest BCUT2D eigenvalue weighted by molar-refractivity contribution is -0.0235. The van der Waals surface area contributed by atoms with E-state index in [1.54, 1.807) is 0 Å². The molecule has 0 aromatic carbocycles. The first-order chi connectivity index (χ1) is 12.5. The molecule has 1 aliphatic rings. The van der Waals surface area contributed by atoms with Crippen molar-refractivity contribution in [3.63, 3.8) is 0 Å². The molecule has 0 atom stereocenters. The van der Waals surface area contributed by atoms with Crippen LogP contribution in [-0.2, 0) is 0 Å². The summed E-state index contributed by atoms with van der Waals surface area (Å²) in [5.74, 6) is 1.43. The van der Waals surface area contributed by atoms with Gasteiger partial charge in [-0.25, -0.2) is 4.98 Å². The number of aliphatic hydroxyl groups is 1. The predicted octanol–water partition coefficient (Wildman–Crippen LogP) is 2.30. The molecule has 5 rings (SSSR count). The Morgan fingerprint density at radius 3 is 2.96 bits per heavy atom. The van der Waals surface area contributed by atoms with Crippen molar-refractivity contribution in [3.8, 4) is 11.1 Å². The minimum atomic E-state index is -0.569. The van der Waals surface area contributed by atoms with Crippen molar-refractivity contribution >= 4 is 22.6 Å². The fourth-order valence-electron chi connectivity index (χ4n) is 3.67. The zero-order valence-corrected chi connectivity index (χ0v) is 14.6. The number of aryl methyl sites for hydroxylation is 1. The van der Waals surface area contributed by atoms with Gasteiger partial charge in [-0.15, -0.1) is 10.2 Å². The zero-order valence-electron chi connectivity index (χ0n) is 14.6. The maximum atomic E-state index is 9.84. The Morgan fingerprint density at radius 1 is 1.31 bits per heavy atom. The highest BCUT2D eigenvalue weighted by Gasteiger charge is 2.38. The lowest BCUT2D eigenvalue weighted by Crippen LogP contribution is -2.48. The highest BCUT2D eigenvalue weighted by molar-refractivity contribution is 5.93. The first kappa shape index (κ1) is 15.3. The highest BCUT2D eigenvalue weighted by atomic mass is 16.3. The quantitative estimate of drug-likeness (QED) is 0.524. The van der Waals surface area contributed by atoms with Crippen LogP contribution in [0.2, 0.25) is 0 Å². The second-order valence-corrected chi connectivity index (χ2v) is 7.30. The molecule has 0 bridgehead atoms. The Balaban J connectivity index is 1.48. The molecular weight excluding hydrogens is 330 g/mol. The van der Waals surface area contributed by atoms with Crippen LogP contribution in [0.25, 0.3) is 27.8 Å². The minimum absolute atomic E-state index is 0.219. The molecule has 0 saturated heterocycles. The van der Waals surface area contributed by atoms with E-state index in [2.05, 4.69) is 30.5 Å². The number of aromatic nitrogens is 6. The molecule has 1 saturated carbocycles. The van der Waals surface area contributed by atoms with Gasteiger partial charge in [0, 0.05) is 41.1 Å². The van der Waals surface area contributed by atoms with E-state index in [0.29, 0.717) is 18.8 Å². The van der Waals surface area contributed by atoms with Crippen molar-refractivity contribution in [2.45, 2.75) is 38.3 Å². The van der Waals surface area contributed by atoms with Gasteiger partial charge in [0.2, 0.25) is 5.95 Å². The van der Waals surface area contributed by atoms with Gasteiger partial charge in [-0.2, -0.15) is 4.98 Å². The molecule has 0 radical (unpaired) electrons. The second-order valence-electron chi connectivity index (χ2n) is 7.30. The second kappa shape index (κ2) is 5.25.